The summed E-state index contributed by atoms with van der Waals surface area (Å²) in [4.78, 5) is 15.0. The van der Waals surface area contributed by atoms with Crippen molar-refractivity contribution in [2.45, 2.75) is 12.5 Å². The first-order valence-corrected chi connectivity index (χ1v) is 9.41. The molecule has 0 radical (unpaired) electrons. The van der Waals surface area contributed by atoms with Crippen molar-refractivity contribution in [2.75, 3.05) is 20.6 Å². The van der Waals surface area contributed by atoms with Crippen LogP contribution in [0.1, 0.15) is 15.9 Å². The number of hydrogen-bond donors (Lipinski definition) is 2. The molecule has 0 fully saturated rings. The molecule has 0 aliphatic rings. The number of phenolic OH excluding ortho intramolecular Hbond substituents is 1. The number of nitrogens with zero attached hydrogens (tertiary/aromatic N) is 1. The molecule has 144 valence electrons. The number of likely N-dealkylation sites (N-methyl/N-ethyl adjacent to an activating group) is 1. The standard InChI is InChI=1S/C24H26N2O2/c1-26(2)20(16-18-12-14-21(27)15-13-18)17-25-24(28)23-11-7-6-10-22(23)19-8-4-3-5-9-19/h3-15,20,27H,16-17H2,1-2H3,(H,25,28)/t20-/m0/s1. The number of carbonyl (C=O) groups excluding carboxylic acids is 1. The second-order valence-electron chi connectivity index (χ2n) is 7.11. The van der Waals surface area contributed by atoms with Crippen LogP contribution in [0.25, 0.3) is 11.1 Å². The zero-order chi connectivity index (χ0) is 19.9. The second-order valence-corrected chi connectivity index (χ2v) is 7.11. The third-order valence-electron chi connectivity index (χ3n) is 4.89. The van der Waals surface area contributed by atoms with Crippen LogP contribution in [0.3, 0.4) is 0 Å². The average molecular weight is 374 g/mol. The Kier molecular flexibility index (Phi) is 6.45. The summed E-state index contributed by atoms with van der Waals surface area (Å²) in [5.41, 5.74) is 3.76. The summed E-state index contributed by atoms with van der Waals surface area (Å²) in [7, 11) is 4.02. The summed E-state index contributed by atoms with van der Waals surface area (Å²) in [6, 6.07) is 25.0. The summed E-state index contributed by atoms with van der Waals surface area (Å²) < 4.78 is 0. The Morgan fingerprint density at radius 1 is 0.929 bits per heavy atom. The number of phenols is 1. The summed E-state index contributed by atoms with van der Waals surface area (Å²) in [5, 5.41) is 12.5. The fraction of sp³-hybridized carbons (Fsp3) is 0.208. The molecule has 0 heterocycles. The highest BCUT2D eigenvalue weighted by Crippen LogP contribution is 2.23. The lowest BCUT2D eigenvalue weighted by Gasteiger charge is -2.25. The normalized spacial score (nSPS) is 12.0. The molecule has 2 N–H and O–H groups in total. The maximum Gasteiger partial charge on any atom is 0.251 e. The molecular formula is C24H26N2O2. The van der Waals surface area contributed by atoms with Gasteiger partial charge >= 0.3 is 0 Å². The zero-order valence-corrected chi connectivity index (χ0v) is 16.3. The highest BCUT2D eigenvalue weighted by Gasteiger charge is 2.16. The molecule has 0 spiro atoms. The molecule has 0 bridgehead atoms. The van der Waals surface area contributed by atoms with Crippen LogP contribution in [0.5, 0.6) is 5.75 Å². The van der Waals surface area contributed by atoms with Crippen LogP contribution in [0.15, 0.2) is 78.9 Å². The molecule has 28 heavy (non-hydrogen) atoms. The van der Waals surface area contributed by atoms with Crippen LogP contribution in [0, 0.1) is 0 Å². The van der Waals surface area contributed by atoms with Crippen LogP contribution in [0.2, 0.25) is 0 Å². The van der Waals surface area contributed by atoms with Gasteiger partial charge in [-0.1, -0.05) is 60.7 Å². The number of rotatable bonds is 7. The number of amides is 1. The molecule has 3 rings (SSSR count). The van der Waals surface area contributed by atoms with Gasteiger partial charge in [0.15, 0.2) is 0 Å². The van der Waals surface area contributed by atoms with Crippen LogP contribution in [-0.2, 0) is 6.42 Å². The Balaban J connectivity index is 1.71. The Labute approximate surface area is 166 Å². The third-order valence-corrected chi connectivity index (χ3v) is 4.89. The van der Waals surface area contributed by atoms with Gasteiger partial charge < -0.3 is 15.3 Å². The number of nitrogens with one attached hydrogen (secondary N) is 1. The Morgan fingerprint density at radius 3 is 2.25 bits per heavy atom. The maximum atomic E-state index is 12.9. The first-order valence-electron chi connectivity index (χ1n) is 9.41. The van der Waals surface area contributed by atoms with Gasteiger partial charge in [0.1, 0.15) is 5.75 Å². The van der Waals surface area contributed by atoms with E-state index in [2.05, 4.69) is 10.2 Å². The molecule has 1 amide bonds. The van der Waals surface area contributed by atoms with E-state index in [9.17, 15) is 9.90 Å². The SMILES string of the molecule is CN(C)[C@H](CNC(=O)c1ccccc1-c1ccccc1)Cc1ccc(O)cc1. The lowest BCUT2D eigenvalue weighted by Crippen LogP contribution is -2.41. The summed E-state index contributed by atoms with van der Waals surface area (Å²) in [6.45, 7) is 0.538. The molecular weight excluding hydrogens is 348 g/mol. The van der Waals surface area contributed by atoms with Gasteiger partial charge in [-0.2, -0.15) is 0 Å². The molecule has 4 heteroatoms. The van der Waals surface area contributed by atoms with Crippen molar-refractivity contribution < 1.29 is 9.90 Å². The summed E-state index contributed by atoms with van der Waals surface area (Å²) >= 11 is 0. The quantitative estimate of drug-likeness (QED) is 0.658. The van der Waals surface area contributed by atoms with Crippen LogP contribution in [-0.4, -0.2) is 42.6 Å². The van der Waals surface area contributed by atoms with Gasteiger partial charge in [0.05, 0.1) is 0 Å². The van der Waals surface area contributed by atoms with E-state index in [0.717, 1.165) is 23.1 Å². The minimum absolute atomic E-state index is 0.0722. The predicted octanol–water partition coefficient (Wildman–Crippen LogP) is 3.96. The monoisotopic (exact) mass is 374 g/mol. The first kappa shape index (κ1) is 19.6. The van der Waals surface area contributed by atoms with Crippen molar-refractivity contribution in [1.82, 2.24) is 10.2 Å². The topological polar surface area (TPSA) is 52.6 Å². The maximum absolute atomic E-state index is 12.9. The van der Waals surface area contributed by atoms with Crippen molar-refractivity contribution in [1.29, 1.82) is 0 Å². The minimum atomic E-state index is -0.0722. The van der Waals surface area contributed by atoms with Gasteiger partial charge in [-0.15, -0.1) is 0 Å². The highest BCUT2D eigenvalue weighted by atomic mass is 16.3. The number of hydrogen-bond acceptors (Lipinski definition) is 3. The largest absolute Gasteiger partial charge is 0.508 e. The minimum Gasteiger partial charge on any atom is -0.508 e. The molecule has 0 saturated heterocycles. The number of carbonyl (C=O) groups is 1. The Hall–Kier alpha value is -3.11. The van der Waals surface area contributed by atoms with Gasteiger partial charge in [0, 0.05) is 18.2 Å². The molecule has 0 unspecified atom stereocenters. The van der Waals surface area contributed by atoms with E-state index in [0.29, 0.717) is 12.1 Å². The van der Waals surface area contributed by atoms with Crippen molar-refractivity contribution >= 4 is 5.91 Å². The van der Waals surface area contributed by atoms with Gasteiger partial charge in [-0.3, -0.25) is 4.79 Å². The molecule has 0 aliphatic carbocycles. The fourth-order valence-electron chi connectivity index (χ4n) is 3.20. The van der Waals surface area contributed by atoms with E-state index in [4.69, 9.17) is 0 Å². The molecule has 0 saturated carbocycles. The lowest BCUT2D eigenvalue weighted by atomic mass is 9.99. The summed E-state index contributed by atoms with van der Waals surface area (Å²) in [5.74, 6) is 0.188. The molecule has 3 aromatic carbocycles. The van der Waals surface area contributed by atoms with Gasteiger partial charge in [0.25, 0.3) is 5.91 Å². The number of aromatic hydroxyl groups is 1. The molecule has 3 aromatic rings. The zero-order valence-electron chi connectivity index (χ0n) is 16.3. The van der Waals surface area contributed by atoms with E-state index in [-0.39, 0.29) is 17.7 Å². The molecule has 0 aromatic heterocycles. The molecule has 1 atom stereocenters. The van der Waals surface area contributed by atoms with Gasteiger partial charge in [-0.25, -0.2) is 0 Å². The Bertz CT molecular complexity index is 905. The fourth-order valence-corrected chi connectivity index (χ4v) is 3.20. The smallest absolute Gasteiger partial charge is 0.251 e. The lowest BCUT2D eigenvalue weighted by molar-refractivity contribution is 0.0942. The van der Waals surface area contributed by atoms with E-state index in [1.807, 2.05) is 80.8 Å². The third kappa shape index (κ3) is 4.99. The molecule has 4 nitrogen and oxygen atoms in total. The van der Waals surface area contributed by atoms with Crippen molar-refractivity contribution in [3.63, 3.8) is 0 Å². The average Bonchev–Trinajstić information content (AvgIpc) is 2.72. The van der Waals surface area contributed by atoms with Crippen LogP contribution < -0.4 is 5.32 Å². The summed E-state index contributed by atoms with van der Waals surface area (Å²) in [6.07, 6.45) is 0.786. The predicted molar refractivity (Wildman–Crippen MR) is 113 cm³/mol. The van der Waals surface area contributed by atoms with Gasteiger partial charge in [-0.05, 0) is 55.4 Å². The van der Waals surface area contributed by atoms with Crippen molar-refractivity contribution in [2.24, 2.45) is 0 Å². The van der Waals surface area contributed by atoms with E-state index >= 15 is 0 Å². The second kappa shape index (κ2) is 9.20. The van der Waals surface area contributed by atoms with Gasteiger partial charge in [0.2, 0.25) is 0 Å². The van der Waals surface area contributed by atoms with Crippen LogP contribution >= 0.6 is 0 Å². The van der Waals surface area contributed by atoms with E-state index < -0.39 is 0 Å². The van der Waals surface area contributed by atoms with Crippen molar-refractivity contribution in [3.05, 3.63) is 90.0 Å². The highest BCUT2D eigenvalue weighted by molar-refractivity contribution is 6.00. The van der Waals surface area contributed by atoms with Crippen molar-refractivity contribution in [3.8, 4) is 16.9 Å². The van der Waals surface area contributed by atoms with E-state index in [1.165, 1.54) is 0 Å². The molecule has 0 aliphatic heterocycles. The Morgan fingerprint density at radius 2 is 1.57 bits per heavy atom. The first-order chi connectivity index (χ1) is 13.5. The number of benzene rings is 3. The van der Waals surface area contributed by atoms with E-state index in [1.54, 1.807) is 12.1 Å². The van der Waals surface area contributed by atoms with Crippen LogP contribution in [0.4, 0.5) is 0 Å².